The van der Waals surface area contributed by atoms with Gasteiger partial charge in [-0.25, -0.2) is 10.4 Å². The molecule has 0 aromatic rings. The highest BCUT2D eigenvalue weighted by atomic mass is 35.5. The van der Waals surface area contributed by atoms with Crippen LogP contribution in [0.15, 0.2) is 41.2 Å². The minimum Gasteiger partial charge on any atom is -0.383 e. The first kappa shape index (κ1) is 15.0. The quantitative estimate of drug-likeness (QED) is 0.594. The summed E-state index contributed by atoms with van der Waals surface area (Å²) in [5.41, 5.74) is 4.10. The number of aliphatic hydroxyl groups is 1. The minimum absolute atomic E-state index is 0.298. The molecule has 18 heavy (non-hydrogen) atoms. The average molecular weight is 270 g/mol. The summed E-state index contributed by atoms with van der Waals surface area (Å²) in [6.45, 7) is 3.81. The fraction of sp³-hybridized carbons (Fsp3) is 0.462. The number of aliphatic imine (C=N–C) groups is 1. The fourth-order valence-corrected chi connectivity index (χ4v) is 1.70. The molecule has 1 aliphatic rings. The molecule has 0 amide bonds. The minimum atomic E-state index is -0.621. The van der Waals surface area contributed by atoms with Crippen LogP contribution in [-0.2, 0) is 0 Å². The number of aliphatic hydroxyl groups excluding tert-OH is 1. The van der Waals surface area contributed by atoms with Crippen LogP contribution < -0.4 is 5.43 Å². The molecule has 0 saturated carbocycles. The first-order chi connectivity index (χ1) is 8.54. The number of rotatable bonds is 5. The lowest BCUT2D eigenvalue weighted by molar-refractivity contribution is 0.195. The summed E-state index contributed by atoms with van der Waals surface area (Å²) in [5, 5.41) is 12.3. The highest BCUT2D eigenvalue weighted by Gasteiger charge is 2.21. The zero-order valence-corrected chi connectivity index (χ0v) is 11.7. The third-order valence-corrected chi connectivity index (χ3v) is 2.70. The van der Waals surface area contributed by atoms with Crippen molar-refractivity contribution >= 4 is 16.8 Å². The Bertz CT molecular complexity index is 384. The average Bonchev–Trinajstić information content (AvgIpc) is 2.69. The van der Waals surface area contributed by atoms with Gasteiger partial charge in [0, 0.05) is 19.3 Å². The Morgan fingerprint density at radius 2 is 2.39 bits per heavy atom. The van der Waals surface area contributed by atoms with Crippen LogP contribution in [0.5, 0.6) is 0 Å². The van der Waals surface area contributed by atoms with Gasteiger partial charge in [-0.15, -0.1) is 0 Å². The SMILES string of the molecule is CCC1C=C(C(O)/C=C/C=C\N=C(/C)Cl)N(C)N1. The maximum Gasteiger partial charge on any atom is 0.113 e. The van der Waals surface area contributed by atoms with Crippen LogP contribution in [0.1, 0.15) is 20.3 Å². The fourth-order valence-electron chi connectivity index (χ4n) is 1.65. The van der Waals surface area contributed by atoms with Crippen molar-refractivity contribution < 1.29 is 5.11 Å². The summed E-state index contributed by atoms with van der Waals surface area (Å²) in [6, 6.07) is 0.298. The highest BCUT2D eigenvalue weighted by Crippen LogP contribution is 2.16. The molecule has 5 heteroatoms. The number of hydrogen-bond donors (Lipinski definition) is 2. The van der Waals surface area contributed by atoms with Crippen molar-refractivity contribution in [3.05, 3.63) is 36.2 Å². The van der Waals surface area contributed by atoms with E-state index in [0.29, 0.717) is 11.2 Å². The van der Waals surface area contributed by atoms with Crippen LogP contribution in [0.2, 0.25) is 0 Å². The van der Waals surface area contributed by atoms with Crippen molar-refractivity contribution in [2.24, 2.45) is 4.99 Å². The predicted octanol–water partition coefficient (Wildman–Crippen LogP) is 2.19. The number of nitrogens with one attached hydrogen (secondary N) is 1. The Hall–Kier alpha value is -1.10. The van der Waals surface area contributed by atoms with Gasteiger partial charge in [-0.05, 0) is 25.5 Å². The van der Waals surface area contributed by atoms with Gasteiger partial charge < -0.3 is 10.1 Å². The number of hydrazine groups is 1. The van der Waals surface area contributed by atoms with Crippen LogP contribution in [0.3, 0.4) is 0 Å². The van der Waals surface area contributed by atoms with E-state index in [9.17, 15) is 5.11 Å². The number of halogens is 1. The van der Waals surface area contributed by atoms with E-state index in [-0.39, 0.29) is 0 Å². The monoisotopic (exact) mass is 269 g/mol. The molecule has 0 aliphatic carbocycles. The summed E-state index contributed by atoms with van der Waals surface area (Å²) < 4.78 is 0. The Morgan fingerprint density at radius 3 is 2.94 bits per heavy atom. The van der Waals surface area contributed by atoms with E-state index in [2.05, 4.69) is 17.3 Å². The second kappa shape index (κ2) is 7.36. The molecule has 0 aromatic heterocycles. The summed E-state index contributed by atoms with van der Waals surface area (Å²) in [6.07, 6.45) is 9.19. The van der Waals surface area contributed by atoms with Crippen molar-refractivity contribution in [1.82, 2.24) is 10.4 Å². The maximum absolute atomic E-state index is 10.0. The number of nitrogens with zero attached hydrogens (tertiary/aromatic N) is 2. The molecular weight excluding hydrogens is 250 g/mol. The molecule has 0 saturated heterocycles. The van der Waals surface area contributed by atoms with Crippen LogP contribution in [-0.4, -0.2) is 34.5 Å². The predicted molar refractivity (Wildman–Crippen MR) is 76.3 cm³/mol. The van der Waals surface area contributed by atoms with Gasteiger partial charge in [-0.2, -0.15) is 0 Å². The Kier molecular flexibility index (Phi) is 6.12. The van der Waals surface area contributed by atoms with Gasteiger partial charge in [0.15, 0.2) is 0 Å². The molecule has 0 fully saturated rings. The maximum atomic E-state index is 10.0. The van der Waals surface area contributed by atoms with Gasteiger partial charge in [-0.3, -0.25) is 0 Å². The zero-order valence-electron chi connectivity index (χ0n) is 11.0. The lowest BCUT2D eigenvalue weighted by Crippen LogP contribution is -2.35. The molecule has 1 aliphatic heterocycles. The van der Waals surface area contributed by atoms with E-state index in [1.165, 1.54) is 0 Å². The van der Waals surface area contributed by atoms with Gasteiger partial charge in [0.2, 0.25) is 0 Å². The van der Waals surface area contributed by atoms with E-state index in [1.807, 2.05) is 18.1 Å². The molecule has 1 heterocycles. The van der Waals surface area contributed by atoms with Crippen LogP contribution >= 0.6 is 11.6 Å². The third kappa shape index (κ3) is 4.64. The molecule has 0 aromatic carbocycles. The molecule has 0 bridgehead atoms. The van der Waals surface area contributed by atoms with Gasteiger partial charge >= 0.3 is 0 Å². The second-order valence-electron chi connectivity index (χ2n) is 4.09. The standard InChI is InChI=1S/C13H20ClN3O/c1-4-11-9-12(17(3)16-11)13(18)7-5-6-8-15-10(2)14/h5-9,11,13,16,18H,4H2,1-3H3/b7-5+,8-6-,15-10+. The lowest BCUT2D eigenvalue weighted by atomic mass is 10.1. The van der Waals surface area contributed by atoms with Crippen molar-refractivity contribution in [3.8, 4) is 0 Å². The van der Waals surface area contributed by atoms with Crippen LogP contribution in [0.4, 0.5) is 0 Å². The third-order valence-electron chi connectivity index (χ3n) is 2.60. The summed E-state index contributed by atoms with van der Waals surface area (Å²) in [7, 11) is 1.90. The van der Waals surface area contributed by atoms with Crippen molar-refractivity contribution in [2.75, 3.05) is 7.05 Å². The number of likely N-dealkylation sites (N-methyl/N-ethyl adjacent to an activating group) is 1. The molecular formula is C13H20ClN3O. The second-order valence-corrected chi connectivity index (χ2v) is 4.64. The molecule has 1 rings (SSSR count). The first-order valence-corrected chi connectivity index (χ1v) is 6.35. The van der Waals surface area contributed by atoms with Crippen molar-refractivity contribution in [1.29, 1.82) is 0 Å². The molecule has 0 spiro atoms. The summed E-state index contributed by atoms with van der Waals surface area (Å²) >= 11 is 5.58. The van der Waals surface area contributed by atoms with Gasteiger partial charge in [-0.1, -0.05) is 30.7 Å². The van der Waals surface area contributed by atoms with Crippen molar-refractivity contribution in [2.45, 2.75) is 32.4 Å². The van der Waals surface area contributed by atoms with Gasteiger partial charge in [0.05, 0.1) is 5.70 Å². The topological polar surface area (TPSA) is 47.9 Å². The smallest absolute Gasteiger partial charge is 0.113 e. The van der Waals surface area contributed by atoms with Gasteiger partial charge in [0.1, 0.15) is 11.3 Å². The number of hydrogen-bond acceptors (Lipinski definition) is 4. The molecule has 0 radical (unpaired) electrons. The van der Waals surface area contributed by atoms with E-state index >= 15 is 0 Å². The van der Waals surface area contributed by atoms with E-state index < -0.39 is 6.10 Å². The molecule has 100 valence electrons. The van der Waals surface area contributed by atoms with E-state index in [4.69, 9.17) is 11.6 Å². The Balaban J connectivity index is 2.55. The first-order valence-electron chi connectivity index (χ1n) is 5.97. The summed E-state index contributed by atoms with van der Waals surface area (Å²) in [4.78, 5) is 3.89. The summed E-state index contributed by atoms with van der Waals surface area (Å²) in [5.74, 6) is 0. The van der Waals surface area contributed by atoms with E-state index in [0.717, 1.165) is 12.1 Å². The Labute approximate surface area is 113 Å². The van der Waals surface area contributed by atoms with Crippen LogP contribution in [0, 0.1) is 0 Å². The van der Waals surface area contributed by atoms with E-state index in [1.54, 1.807) is 31.4 Å². The zero-order chi connectivity index (χ0) is 13.5. The molecule has 4 nitrogen and oxygen atoms in total. The highest BCUT2D eigenvalue weighted by molar-refractivity contribution is 6.64. The normalized spacial score (nSPS) is 23.2. The van der Waals surface area contributed by atoms with Gasteiger partial charge in [0.25, 0.3) is 0 Å². The molecule has 2 N–H and O–H groups in total. The van der Waals surface area contributed by atoms with Crippen LogP contribution in [0.25, 0.3) is 0 Å². The van der Waals surface area contributed by atoms with Crippen molar-refractivity contribution in [3.63, 3.8) is 0 Å². The largest absolute Gasteiger partial charge is 0.383 e. The Morgan fingerprint density at radius 1 is 1.67 bits per heavy atom. The lowest BCUT2D eigenvalue weighted by Gasteiger charge is -2.20. The molecule has 2 unspecified atom stereocenters. The molecule has 2 atom stereocenters. The number of allylic oxidation sites excluding steroid dienone is 2.